The molecule has 0 radical (unpaired) electrons. The average Bonchev–Trinajstić information content (AvgIpc) is 2.62. The molecule has 1 saturated heterocycles. The van der Waals surface area contributed by atoms with Crippen LogP contribution in [0, 0.1) is 0 Å². The van der Waals surface area contributed by atoms with Gasteiger partial charge in [0.05, 0.1) is 10.9 Å². The summed E-state index contributed by atoms with van der Waals surface area (Å²) >= 11 is 1.61. The highest BCUT2D eigenvalue weighted by Gasteiger charge is 2.44. The van der Waals surface area contributed by atoms with Crippen molar-refractivity contribution in [3.8, 4) is 11.5 Å². The summed E-state index contributed by atoms with van der Waals surface area (Å²) in [5, 5.41) is 0. The molecule has 0 saturated carbocycles. The Kier molecular flexibility index (Phi) is 5.36. The van der Waals surface area contributed by atoms with Gasteiger partial charge in [-0.15, -0.1) is 0 Å². The fraction of sp³-hybridized carbons (Fsp3) is 0.333. The maximum atomic E-state index is 13.0. The van der Waals surface area contributed by atoms with Crippen molar-refractivity contribution in [3.05, 3.63) is 48.8 Å². The van der Waals surface area contributed by atoms with E-state index in [0.717, 1.165) is 6.29 Å². The number of nitrogens with zero attached hydrogens (tertiary/aromatic N) is 2. The first kappa shape index (κ1) is 18.9. The lowest BCUT2D eigenvalue weighted by molar-refractivity contribution is -0.111. The zero-order valence-corrected chi connectivity index (χ0v) is 16.2. The molecular formula is C18H20N2O4S2. The lowest BCUT2D eigenvalue weighted by atomic mass is 10.0. The summed E-state index contributed by atoms with van der Waals surface area (Å²) in [5.41, 5.74) is 0. The molecule has 26 heavy (non-hydrogen) atoms. The van der Waals surface area contributed by atoms with Crippen LogP contribution in [0.2, 0.25) is 0 Å². The molecule has 0 spiro atoms. The fourth-order valence-corrected chi connectivity index (χ4v) is 5.87. The summed E-state index contributed by atoms with van der Waals surface area (Å²) in [6, 6.07) is 8.95. The third-order valence-electron chi connectivity index (χ3n) is 4.25. The molecule has 0 amide bonds. The number of rotatable bonds is 5. The highest BCUT2D eigenvalue weighted by atomic mass is 32.2. The maximum Gasteiger partial charge on any atom is 0.243 e. The zero-order chi connectivity index (χ0) is 18.8. The van der Waals surface area contributed by atoms with Gasteiger partial charge >= 0.3 is 0 Å². The van der Waals surface area contributed by atoms with Gasteiger partial charge in [0, 0.05) is 29.4 Å². The number of aldehydes is 1. The van der Waals surface area contributed by atoms with Gasteiger partial charge < -0.3 is 9.53 Å². The Labute approximate surface area is 157 Å². The molecule has 0 aliphatic carbocycles. The Morgan fingerprint density at radius 2 is 1.77 bits per heavy atom. The maximum absolute atomic E-state index is 13.0. The molecule has 2 aromatic rings. The Balaban J connectivity index is 1.84. The fourth-order valence-electron chi connectivity index (χ4n) is 2.83. The first-order valence-corrected chi connectivity index (χ1v) is 10.6. The second kappa shape index (κ2) is 7.38. The van der Waals surface area contributed by atoms with Gasteiger partial charge in [0.15, 0.2) is 0 Å². The van der Waals surface area contributed by atoms with Gasteiger partial charge in [-0.2, -0.15) is 16.1 Å². The number of thioether (sulfide) groups is 1. The highest BCUT2D eigenvalue weighted by Crippen LogP contribution is 2.37. The van der Waals surface area contributed by atoms with Gasteiger partial charge in [-0.1, -0.05) is 0 Å². The molecule has 6 nitrogen and oxygen atoms in total. The molecule has 138 valence electrons. The summed E-state index contributed by atoms with van der Waals surface area (Å²) in [6.45, 7) is 4.10. The third-order valence-corrected chi connectivity index (χ3v) is 7.52. The van der Waals surface area contributed by atoms with Crippen LogP contribution in [-0.4, -0.2) is 47.1 Å². The minimum atomic E-state index is -3.76. The van der Waals surface area contributed by atoms with E-state index in [1.165, 1.54) is 16.4 Å². The van der Waals surface area contributed by atoms with Crippen molar-refractivity contribution < 1.29 is 17.9 Å². The van der Waals surface area contributed by atoms with Crippen molar-refractivity contribution in [2.75, 3.05) is 12.3 Å². The first-order valence-electron chi connectivity index (χ1n) is 8.13. The van der Waals surface area contributed by atoms with E-state index in [-0.39, 0.29) is 4.90 Å². The highest BCUT2D eigenvalue weighted by molar-refractivity contribution is 8.00. The van der Waals surface area contributed by atoms with Crippen LogP contribution in [0.1, 0.15) is 13.8 Å². The van der Waals surface area contributed by atoms with Crippen LogP contribution in [0.3, 0.4) is 0 Å². The van der Waals surface area contributed by atoms with E-state index >= 15 is 0 Å². The molecule has 1 aliphatic rings. The van der Waals surface area contributed by atoms with Crippen molar-refractivity contribution in [1.82, 2.24) is 9.29 Å². The van der Waals surface area contributed by atoms with Crippen LogP contribution in [0.5, 0.6) is 11.5 Å². The predicted molar refractivity (Wildman–Crippen MR) is 101 cm³/mol. The number of carbonyl (C=O) groups is 1. The molecule has 1 atom stereocenters. The molecular weight excluding hydrogens is 372 g/mol. The van der Waals surface area contributed by atoms with Crippen molar-refractivity contribution in [2.24, 2.45) is 0 Å². The molecule has 8 heteroatoms. The molecule has 0 N–H and O–H groups in total. The van der Waals surface area contributed by atoms with E-state index in [9.17, 15) is 13.2 Å². The smallest absolute Gasteiger partial charge is 0.243 e. The third kappa shape index (κ3) is 3.77. The molecule has 1 aromatic heterocycles. The molecule has 1 aromatic carbocycles. The van der Waals surface area contributed by atoms with E-state index in [1.54, 1.807) is 48.4 Å². The topological polar surface area (TPSA) is 76.6 Å². The summed E-state index contributed by atoms with van der Waals surface area (Å²) in [4.78, 5) is 15.6. The monoisotopic (exact) mass is 392 g/mol. The number of pyridine rings is 1. The molecule has 2 heterocycles. The van der Waals surface area contributed by atoms with Crippen LogP contribution in [0.4, 0.5) is 0 Å². The Hall–Kier alpha value is -1.90. The molecule has 1 aliphatic heterocycles. The SMILES string of the molecule is CC1(C)SCCN(S(=O)(=O)c2ccc(Oc3ccncc3)cc2)C1C=O. The Morgan fingerprint density at radius 3 is 2.38 bits per heavy atom. The van der Waals surface area contributed by atoms with Crippen LogP contribution in [0.15, 0.2) is 53.7 Å². The van der Waals surface area contributed by atoms with Gasteiger partial charge in [0.2, 0.25) is 10.0 Å². The van der Waals surface area contributed by atoms with Crippen LogP contribution >= 0.6 is 11.8 Å². The summed E-state index contributed by atoms with van der Waals surface area (Å²) in [6.07, 6.45) is 3.96. The molecule has 1 unspecified atom stereocenters. The van der Waals surface area contributed by atoms with Crippen LogP contribution in [0.25, 0.3) is 0 Å². The predicted octanol–water partition coefficient (Wildman–Crippen LogP) is 2.96. The second-order valence-electron chi connectivity index (χ2n) is 6.40. The number of benzene rings is 1. The summed E-state index contributed by atoms with van der Waals surface area (Å²) in [7, 11) is -3.76. The lowest BCUT2D eigenvalue weighted by Crippen LogP contribution is -2.55. The average molecular weight is 393 g/mol. The molecule has 1 fully saturated rings. The number of aromatic nitrogens is 1. The number of carbonyl (C=O) groups excluding carboxylic acids is 1. The van der Waals surface area contributed by atoms with E-state index in [1.807, 2.05) is 13.8 Å². The van der Waals surface area contributed by atoms with Crippen LogP contribution in [-0.2, 0) is 14.8 Å². The lowest BCUT2D eigenvalue weighted by Gasteiger charge is -2.42. The largest absolute Gasteiger partial charge is 0.457 e. The summed E-state index contributed by atoms with van der Waals surface area (Å²) < 4.78 is 32.5. The van der Waals surface area contributed by atoms with Crippen molar-refractivity contribution in [2.45, 2.75) is 29.5 Å². The van der Waals surface area contributed by atoms with E-state index in [0.29, 0.717) is 23.8 Å². The van der Waals surface area contributed by atoms with E-state index < -0.39 is 20.8 Å². The van der Waals surface area contributed by atoms with Crippen molar-refractivity contribution in [3.63, 3.8) is 0 Å². The number of hydrogen-bond acceptors (Lipinski definition) is 6. The normalized spacial score (nSPS) is 20.5. The molecule has 3 rings (SSSR count). The molecule has 0 bridgehead atoms. The Bertz CT molecular complexity index is 868. The second-order valence-corrected chi connectivity index (χ2v) is 10.0. The quantitative estimate of drug-likeness (QED) is 0.728. The first-order chi connectivity index (χ1) is 12.3. The van der Waals surface area contributed by atoms with Gasteiger partial charge in [-0.05, 0) is 50.2 Å². The Morgan fingerprint density at radius 1 is 1.15 bits per heavy atom. The standard InChI is InChI=1S/C18H20N2O4S2/c1-18(2)17(13-21)20(11-12-25-18)26(22,23)16-5-3-14(4-6-16)24-15-7-9-19-10-8-15/h3-10,13,17H,11-12H2,1-2H3. The van der Waals surface area contributed by atoms with Gasteiger partial charge in [-0.3, -0.25) is 4.98 Å². The minimum Gasteiger partial charge on any atom is -0.457 e. The summed E-state index contributed by atoms with van der Waals surface area (Å²) in [5.74, 6) is 1.79. The van der Waals surface area contributed by atoms with Gasteiger partial charge in [0.1, 0.15) is 17.8 Å². The van der Waals surface area contributed by atoms with Crippen molar-refractivity contribution in [1.29, 1.82) is 0 Å². The van der Waals surface area contributed by atoms with E-state index in [4.69, 9.17) is 4.74 Å². The zero-order valence-electron chi connectivity index (χ0n) is 14.5. The van der Waals surface area contributed by atoms with Gasteiger partial charge in [0.25, 0.3) is 0 Å². The van der Waals surface area contributed by atoms with Crippen LogP contribution < -0.4 is 4.74 Å². The van der Waals surface area contributed by atoms with Crippen molar-refractivity contribution >= 4 is 28.1 Å². The number of hydrogen-bond donors (Lipinski definition) is 0. The van der Waals surface area contributed by atoms with Gasteiger partial charge in [-0.25, -0.2) is 8.42 Å². The number of sulfonamides is 1. The number of ether oxygens (including phenoxy) is 1. The van der Waals surface area contributed by atoms with E-state index in [2.05, 4.69) is 4.98 Å². The minimum absolute atomic E-state index is 0.147.